The van der Waals surface area contributed by atoms with Crippen molar-refractivity contribution in [2.45, 2.75) is 51.3 Å². The Labute approximate surface area is 192 Å². The zero-order chi connectivity index (χ0) is 22.9. The van der Waals surface area contributed by atoms with Crippen molar-refractivity contribution in [3.63, 3.8) is 0 Å². The smallest absolute Gasteiger partial charge is 0.415 e. The Morgan fingerprint density at radius 3 is 2.31 bits per heavy atom. The number of nitrogens with one attached hydrogen (secondary N) is 2. The summed E-state index contributed by atoms with van der Waals surface area (Å²) in [6.45, 7) is 1.75. The Bertz CT molecular complexity index is 951. The van der Waals surface area contributed by atoms with Gasteiger partial charge in [0.05, 0.1) is 17.7 Å². The maximum absolute atomic E-state index is 12.5. The topological polar surface area (TPSA) is 100 Å². The third-order valence-corrected chi connectivity index (χ3v) is 5.57. The summed E-state index contributed by atoms with van der Waals surface area (Å²) in [6.07, 6.45) is 3.30. The fraction of sp³-hybridized carbons (Fsp3) is 0.375. The van der Waals surface area contributed by atoms with Gasteiger partial charge in [0.1, 0.15) is 11.5 Å². The minimum absolute atomic E-state index is 0.0781. The van der Waals surface area contributed by atoms with Crippen LogP contribution in [-0.4, -0.2) is 24.3 Å². The molecule has 2 unspecified atom stereocenters. The summed E-state index contributed by atoms with van der Waals surface area (Å²) in [7, 11) is 0. The Hall–Kier alpha value is -3.24. The highest BCUT2D eigenvalue weighted by Gasteiger charge is 2.26. The van der Waals surface area contributed by atoms with Crippen molar-refractivity contribution in [3.05, 3.63) is 59.1 Å². The second-order valence-corrected chi connectivity index (χ2v) is 8.31. The summed E-state index contributed by atoms with van der Waals surface area (Å²) in [4.78, 5) is 25.0. The van der Waals surface area contributed by atoms with Crippen LogP contribution < -0.4 is 20.1 Å². The number of rotatable bonds is 8. The van der Waals surface area contributed by atoms with Gasteiger partial charge in [0.25, 0.3) is 0 Å². The lowest BCUT2D eigenvalue weighted by atomic mass is 10.0. The van der Waals surface area contributed by atoms with E-state index >= 15 is 0 Å². The molecule has 0 heterocycles. The van der Waals surface area contributed by atoms with E-state index in [4.69, 9.17) is 26.3 Å². The highest BCUT2D eigenvalue weighted by atomic mass is 35.5. The molecule has 2 N–H and O–H groups in total. The van der Waals surface area contributed by atoms with Crippen LogP contribution in [0, 0.1) is 17.2 Å². The van der Waals surface area contributed by atoms with Crippen LogP contribution in [0.25, 0.3) is 0 Å². The van der Waals surface area contributed by atoms with E-state index in [-0.39, 0.29) is 5.91 Å². The largest absolute Gasteiger partial charge is 0.468 e. The number of halogens is 1. The predicted octanol–water partition coefficient (Wildman–Crippen LogP) is 4.79. The average molecular weight is 456 g/mol. The second-order valence-electron chi connectivity index (χ2n) is 7.87. The molecule has 1 aliphatic rings. The fourth-order valence-electron chi connectivity index (χ4n) is 3.63. The van der Waals surface area contributed by atoms with Crippen molar-refractivity contribution in [1.29, 1.82) is 5.26 Å². The molecule has 0 bridgehead atoms. The van der Waals surface area contributed by atoms with Crippen LogP contribution in [0.4, 0.5) is 4.79 Å². The molecule has 2 amide bonds. The summed E-state index contributed by atoms with van der Waals surface area (Å²) in [5.41, 5.74) is 0.488. The van der Waals surface area contributed by atoms with E-state index in [2.05, 4.69) is 10.6 Å². The molecular formula is C24H26ClN3O4. The lowest BCUT2D eigenvalue weighted by Crippen LogP contribution is -2.54. The van der Waals surface area contributed by atoms with Gasteiger partial charge < -0.3 is 14.8 Å². The summed E-state index contributed by atoms with van der Waals surface area (Å²) >= 11 is 5.86. The highest BCUT2D eigenvalue weighted by Crippen LogP contribution is 2.27. The van der Waals surface area contributed by atoms with E-state index in [1.54, 1.807) is 55.5 Å². The molecule has 1 aliphatic carbocycles. The van der Waals surface area contributed by atoms with Crippen LogP contribution in [-0.2, 0) is 4.79 Å². The molecule has 0 aliphatic heterocycles. The monoisotopic (exact) mass is 455 g/mol. The molecule has 32 heavy (non-hydrogen) atoms. The summed E-state index contributed by atoms with van der Waals surface area (Å²) in [5, 5.41) is 15.1. The number of amides is 2. The van der Waals surface area contributed by atoms with Gasteiger partial charge in [-0.2, -0.15) is 5.26 Å². The van der Waals surface area contributed by atoms with Crippen molar-refractivity contribution in [1.82, 2.24) is 10.6 Å². The third-order valence-electron chi connectivity index (χ3n) is 5.32. The summed E-state index contributed by atoms with van der Waals surface area (Å²) < 4.78 is 11.2. The number of benzene rings is 2. The van der Waals surface area contributed by atoms with E-state index in [0.29, 0.717) is 34.4 Å². The molecule has 1 fully saturated rings. The van der Waals surface area contributed by atoms with Gasteiger partial charge in [0.15, 0.2) is 6.23 Å². The fourth-order valence-corrected chi connectivity index (χ4v) is 3.76. The van der Waals surface area contributed by atoms with E-state index in [9.17, 15) is 9.59 Å². The molecule has 3 rings (SSSR count). The summed E-state index contributed by atoms with van der Waals surface area (Å²) in [6, 6.07) is 14.4. The molecule has 2 aromatic carbocycles. The lowest BCUT2D eigenvalue weighted by Gasteiger charge is -2.27. The molecule has 0 saturated heterocycles. The molecule has 7 nitrogen and oxygen atoms in total. The molecule has 0 spiro atoms. The van der Waals surface area contributed by atoms with Gasteiger partial charge in [-0.3, -0.25) is 10.1 Å². The molecule has 8 heteroatoms. The van der Waals surface area contributed by atoms with Gasteiger partial charge >= 0.3 is 6.09 Å². The Morgan fingerprint density at radius 2 is 1.69 bits per heavy atom. The van der Waals surface area contributed by atoms with E-state index in [1.807, 2.05) is 6.07 Å². The van der Waals surface area contributed by atoms with Gasteiger partial charge in [0.2, 0.25) is 5.91 Å². The Balaban J connectivity index is 1.65. The average Bonchev–Trinajstić information content (AvgIpc) is 3.28. The quantitative estimate of drug-likeness (QED) is 0.557. The third kappa shape index (κ3) is 7.17. The Morgan fingerprint density at radius 1 is 1.06 bits per heavy atom. The number of hydrogen-bond donors (Lipinski definition) is 2. The maximum Gasteiger partial charge on any atom is 0.415 e. The maximum atomic E-state index is 12.5. The van der Waals surface area contributed by atoms with Crippen molar-refractivity contribution in [3.8, 4) is 17.6 Å². The molecule has 2 atom stereocenters. The van der Waals surface area contributed by atoms with Crippen molar-refractivity contribution < 1.29 is 19.1 Å². The Kier molecular flexibility index (Phi) is 8.34. The van der Waals surface area contributed by atoms with E-state index < -0.39 is 18.4 Å². The van der Waals surface area contributed by atoms with E-state index in [1.165, 1.54) is 0 Å². The number of carbonyl (C=O) groups is 2. The number of nitrogens with zero attached hydrogens (tertiary/aromatic N) is 1. The van der Waals surface area contributed by atoms with Gasteiger partial charge in [-0.25, -0.2) is 4.79 Å². The normalized spacial score (nSPS) is 15.3. The number of hydrogen-bond acceptors (Lipinski definition) is 5. The van der Waals surface area contributed by atoms with Crippen LogP contribution >= 0.6 is 11.6 Å². The highest BCUT2D eigenvalue weighted by molar-refractivity contribution is 6.30. The first-order chi connectivity index (χ1) is 15.4. The van der Waals surface area contributed by atoms with Gasteiger partial charge in [0, 0.05) is 11.4 Å². The number of ether oxygens (including phenoxy) is 2. The number of nitriles is 1. The van der Waals surface area contributed by atoms with Gasteiger partial charge in [-0.05, 0) is 74.2 Å². The zero-order valence-corrected chi connectivity index (χ0v) is 18.6. The first-order valence-corrected chi connectivity index (χ1v) is 11.0. The van der Waals surface area contributed by atoms with Crippen LogP contribution in [0.1, 0.15) is 44.6 Å². The zero-order valence-electron chi connectivity index (χ0n) is 17.8. The molecule has 0 aromatic heterocycles. The first kappa shape index (κ1) is 23.4. The first-order valence-electron chi connectivity index (χ1n) is 10.6. The van der Waals surface area contributed by atoms with Crippen molar-refractivity contribution >= 4 is 23.6 Å². The van der Waals surface area contributed by atoms with Crippen LogP contribution in [0.5, 0.6) is 11.5 Å². The van der Waals surface area contributed by atoms with Crippen molar-refractivity contribution in [2.24, 2.45) is 5.92 Å². The van der Waals surface area contributed by atoms with Crippen LogP contribution in [0.3, 0.4) is 0 Å². The van der Waals surface area contributed by atoms with Gasteiger partial charge in [-0.15, -0.1) is 0 Å². The van der Waals surface area contributed by atoms with Crippen LogP contribution in [0.15, 0.2) is 48.5 Å². The molecule has 2 aromatic rings. The standard InChI is InChI=1S/C24H26ClN3O4/c1-16(27-22(29)14-17-4-2-3-5-17)23(31-20-10-6-18(15-26)7-11-20)28-24(30)32-21-12-8-19(25)9-13-21/h6-13,16-17,23H,2-5,14H2,1H3,(H,27,29)(H,28,30). The van der Waals surface area contributed by atoms with E-state index in [0.717, 1.165) is 25.7 Å². The van der Waals surface area contributed by atoms with Gasteiger partial charge in [-0.1, -0.05) is 24.4 Å². The second kappa shape index (κ2) is 11.4. The molecule has 1 saturated carbocycles. The minimum atomic E-state index is -0.893. The summed E-state index contributed by atoms with van der Waals surface area (Å²) in [5.74, 6) is 1.09. The lowest BCUT2D eigenvalue weighted by molar-refractivity contribution is -0.123. The van der Waals surface area contributed by atoms with Crippen LogP contribution in [0.2, 0.25) is 5.02 Å². The molecule has 168 valence electrons. The minimum Gasteiger partial charge on any atom is -0.468 e. The predicted molar refractivity (Wildman–Crippen MR) is 120 cm³/mol. The molecule has 0 radical (unpaired) electrons. The molecular weight excluding hydrogens is 430 g/mol. The number of carbonyl (C=O) groups excluding carboxylic acids is 2. The van der Waals surface area contributed by atoms with Crippen molar-refractivity contribution in [2.75, 3.05) is 0 Å². The SMILES string of the molecule is CC(NC(=O)CC1CCCC1)C(NC(=O)Oc1ccc(Cl)cc1)Oc1ccc(C#N)cc1.